The van der Waals surface area contributed by atoms with E-state index in [1.54, 1.807) is 75.6 Å². The number of ketones is 1. The summed E-state index contributed by atoms with van der Waals surface area (Å²) in [5.41, 5.74) is 2.09. The van der Waals surface area contributed by atoms with Crippen LogP contribution < -0.4 is 10.1 Å². The first-order valence-electron chi connectivity index (χ1n) is 18.6. The lowest BCUT2D eigenvalue weighted by Gasteiger charge is -2.31. The highest BCUT2D eigenvalue weighted by Gasteiger charge is 2.51. The van der Waals surface area contributed by atoms with Crippen molar-refractivity contribution < 1.29 is 53.8 Å². The number of aromatic nitrogens is 2. The average Bonchev–Trinajstić information content (AvgIpc) is 3.63. The zero-order chi connectivity index (χ0) is 41.0. The number of amides is 1. The smallest absolute Gasteiger partial charge is 0.312 e. The molecule has 2 aromatic carbocycles. The van der Waals surface area contributed by atoms with Gasteiger partial charge < -0.3 is 44.7 Å². The summed E-state index contributed by atoms with van der Waals surface area (Å²) >= 11 is 0. The van der Waals surface area contributed by atoms with E-state index in [0.717, 1.165) is 5.56 Å². The number of nitrogens with one attached hydrogen (secondary N) is 1. The van der Waals surface area contributed by atoms with Crippen molar-refractivity contribution in [3.8, 4) is 17.2 Å². The zero-order valence-corrected chi connectivity index (χ0v) is 32.9. The number of imidazole rings is 1. The first kappa shape index (κ1) is 40.2. The van der Waals surface area contributed by atoms with Gasteiger partial charge in [-0.25, -0.2) is 4.98 Å². The van der Waals surface area contributed by atoms with Gasteiger partial charge in [-0.2, -0.15) is 0 Å². The van der Waals surface area contributed by atoms with Crippen LogP contribution in [-0.2, 0) is 30.2 Å². The predicted molar refractivity (Wildman–Crippen MR) is 209 cm³/mol. The Morgan fingerprint density at radius 3 is 2.50 bits per heavy atom. The van der Waals surface area contributed by atoms with Crippen LogP contribution in [0.25, 0.3) is 27.5 Å². The van der Waals surface area contributed by atoms with Gasteiger partial charge in [-0.05, 0) is 57.9 Å². The molecule has 1 amide bonds. The summed E-state index contributed by atoms with van der Waals surface area (Å²) in [6.07, 6.45) is 6.52. The molecule has 8 atom stereocenters. The third-order valence-corrected chi connectivity index (χ3v) is 11.0. The number of carbonyl (C=O) groups is 3. The highest BCUT2D eigenvalue weighted by molar-refractivity contribution is 6.28. The number of hydrogen-bond acceptors (Lipinski definition) is 12. The molecule has 0 aliphatic carbocycles. The lowest BCUT2D eigenvalue weighted by molar-refractivity contribution is -0.150. The van der Waals surface area contributed by atoms with Crippen molar-refractivity contribution in [3.63, 3.8) is 0 Å². The largest absolute Gasteiger partial charge is 0.507 e. The van der Waals surface area contributed by atoms with E-state index in [2.05, 4.69) is 5.32 Å². The number of aliphatic hydroxyl groups excluding tert-OH is 2. The molecular weight excluding hydrogens is 722 g/mol. The van der Waals surface area contributed by atoms with E-state index in [1.165, 1.54) is 27.2 Å². The molecule has 0 saturated carbocycles. The fourth-order valence-electron chi connectivity index (χ4n) is 7.53. The maximum absolute atomic E-state index is 14.5. The quantitative estimate of drug-likeness (QED) is 0.0565. The van der Waals surface area contributed by atoms with Crippen molar-refractivity contribution in [2.45, 2.75) is 92.0 Å². The van der Waals surface area contributed by atoms with E-state index in [0.29, 0.717) is 5.65 Å². The van der Waals surface area contributed by atoms with Crippen molar-refractivity contribution in [3.05, 3.63) is 71.2 Å². The third-order valence-electron chi connectivity index (χ3n) is 11.0. The molecular formula is C42H49N3O11. The molecule has 8 unspecified atom stereocenters. The van der Waals surface area contributed by atoms with Gasteiger partial charge in [-0.3, -0.25) is 18.8 Å². The molecule has 0 fully saturated rings. The number of pyridine rings is 1. The third kappa shape index (κ3) is 6.97. The number of methoxy groups -OCH3 is 1. The number of ether oxygens (including phenoxy) is 4. The van der Waals surface area contributed by atoms with Gasteiger partial charge in [0.15, 0.2) is 5.75 Å². The summed E-state index contributed by atoms with van der Waals surface area (Å²) in [4.78, 5) is 45.3. The first-order chi connectivity index (χ1) is 26.4. The molecule has 2 bridgehead atoms. The Hall–Kier alpha value is -5.44. The molecule has 0 radical (unpaired) electrons. The Bertz CT molecular complexity index is 2340. The molecule has 4 heterocycles. The van der Waals surface area contributed by atoms with Gasteiger partial charge >= 0.3 is 11.8 Å². The number of aryl methyl sites for hydroxylation is 1. The molecule has 6 rings (SSSR count). The second-order valence-electron chi connectivity index (χ2n) is 15.1. The van der Waals surface area contributed by atoms with Gasteiger partial charge in [0.05, 0.1) is 35.5 Å². The summed E-state index contributed by atoms with van der Waals surface area (Å²) in [6, 6.07) is 3.63. The fourth-order valence-corrected chi connectivity index (χ4v) is 7.53. The van der Waals surface area contributed by atoms with Crippen LogP contribution >= 0.6 is 0 Å². The molecule has 2 aromatic heterocycles. The van der Waals surface area contributed by atoms with Crippen molar-refractivity contribution in [2.75, 3.05) is 12.4 Å². The number of fused-ring (bicyclic) bond motifs is 7. The Morgan fingerprint density at radius 1 is 1.12 bits per heavy atom. The topological polar surface area (TPSA) is 198 Å². The number of phenols is 2. The lowest BCUT2D eigenvalue weighted by atomic mass is 9.85. The van der Waals surface area contributed by atoms with Gasteiger partial charge in [0, 0.05) is 61.4 Å². The normalized spacial score (nSPS) is 23.1. The molecule has 56 heavy (non-hydrogen) atoms. The van der Waals surface area contributed by atoms with E-state index in [-0.39, 0.29) is 68.2 Å². The zero-order valence-electron chi connectivity index (χ0n) is 32.9. The highest BCUT2D eigenvalue weighted by Crippen LogP contribution is 2.55. The standard InChI is InChI=1S/C42H49N3O11/c1-19-13-15-45-29(17-19)43-33-30-31(38(50)34(35(33)45)44-41(52)21(3)12-10-11-20(2)36(48)22(4)23(5)46)37(49)27-18-26(24(6)55-25(7)47)28(53-9)14-16-54-42(8)40(51)32(30)39(27)56-42/h10-17,20,22-24,26,28,36,46,48-50H,18H2,1-9H3,(H,44,52)/b11-10+,16-14+,21-12-. The van der Waals surface area contributed by atoms with E-state index in [4.69, 9.17) is 23.9 Å². The minimum Gasteiger partial charge on any atom is -0.507 e. The minimum absolute atomic E-state index is 0.0131. The number of aliphatic hydroxyl groups is 2. The summed E-state index contributed by atoms with van der Waals surface area (Å²) in [6.45, 7) is 13.1. The molecule has 2 aliphatic heterocycles. The molecule has 0 saturated heterocycles. The van der Waals surface area contributed by atoms with Crippen LogP contribution in [0, 0.1) is 24.7 Å². The van der Waals surface area contributed by atoms with Crippen molar-refractivity contribution in [1.82, 2.24) is 9.38 Å². The molecule has 14 heteroatoms. The van der Waals surface area contributed by atoms with Gasteiger partial charge in [-0.1, -0.05) is 32.1 Å². The number of benzene rings is 2. The molecule has 298 valence electrons. The van der Waals surface area contributed by atoms with Crippen LogP contribution in [0.4, 0.5) is 5.69 Å². The lowest BCUT2D eigenvalue weighted by Crippen LogP contribution is -2.39. The minimum atomic E-state index is -1.87. The number of hydrogen-bond donors (Lipinski definition) is 5. The van der Waals surface area contributed by atoms with E-state index in [9.17, 15) is 34.8 Å². The second kappa shape index (κ2) is 15.2. The number of nitrogens with zero attached hydrogens (tertiary/aromatic N) is 2. The van der Waals surface area contributed by atoms with Crippen molar-refractivity contribution in [1.29, 1.82) is 0 Å². The Balaban J connectivity index is 1.57. The Labute approximate surface area is 324 Å². The van der Waals surface area contributed by atoms with Crippen LogP contribution in [0.2, 0.25) is 0 Å². The van der Waals surface area contributed by atoms with Crippen LogP contribution in [0.3, 0.4) is 0 Å². The van der Waals surface area contributed by atoms with Crippen LogP contribution in [0.1, 0.15) is 70.0 Å². The number of phenolic OH excluding ortho intramolecular Hbond substituents is 2. The van der Waals surface area contributed by atoms with Crippen molar-refractivity contribution in [2.24, 2.45) is 17.8 Å². The van der Waals surface area contributed by atoms with Gasteiger partial charge in [-0.15, -0.1) is 0 Å². The van der Waals surface area contributed by atoms with Crippen LogP contribution in [0.5, 0.6) is 17.2 Å². The summed E-state index contributed by atoms with van der Waals surface area (Å²) < 4.78 is 25.2. The molecule has 14 nitrogen and oxygen atoms in total. The Kier molecular flexibility index (Phi) is 11.0. The van der Waals surface area contributed by atoms with Gasteiger partial charge in [0.2, 0.25) is 0 Å². The SMILES string of the molecule is COC1/C=C/OC2(C)Oc3c(c(O)c4c(O)c(NC(=O)/C(C)=C\C=C\C(C)C(O)C(C)C(C)O)c5c(nc6cc(C)ccn65)c4c3C2=O)CC1C(C)OC(C)=O. The average molecular weight is 772 g/mol. The van der Waals surface area contributed by atoms with Gasteiger partial charge in [0.1, 0.15) is 40.0 Å². The molecule has 2 aliphatic rings. The molecule has 4 aromatic rings. The predicted octanol–water partition coefficient (Wildman–Crippen LogP) is 5.78. The Morgan fingerprint density at radius 2 is 1.84 bits per heavy atom. The van der Waals surface area contributed by atoms with Crippen LogP contribution in [-0.4, -0.2) is 84.8 Å². The summed E-state index contributed by atoms with van der Waals surface area (Å²) in [5, 5.41) is 47.8. The summed E-state index contributed by atoms with van der Waals surface area (Å²) in [5.74, 6) is -5.86. The molecule has 5 N–H and O–H groups in total. The number of esters is 1. The number of rotatable bonds is 10. The summed E-state index contributed by atoms with van der Waals surface area (Å²) in [7, 11) is 1.47. The number of aromatic hydroxyl groups is 2. The second-order valence-corrected chi connectivity index (χ2v) is 15.1. The number of Topliss-reactive ketones (excluding diaryl/α,β-unsaturated/α-hetero) is 1. The van der Waals surface area contributed by atoms with E-state index in [1.807, 2.05) is 13.0 Å². The van der Waals surface area contributed by atoms with Crippen molar-refractivity contribution >= 4 is 50.8 Å². The number of allylic oxidation sites excluding steroid dienone is 2. The van der Waals surface area contributed by atoms with E-state index >= 15 is 0 Å². The first-order valence-corrected chi connectivity index (χ1v) is 18.6. The maximum atomic E-state index is 14.5. The fraction of sp³-hybridized carbons (Fsp3) is 0.429. The monoisotopic (exact) mass is 771 g/mol. The number of anilines is 1. The van der Waals surface area contributed by atoms with E-state index < -0.39 is 65.3 Å². The highest BCUT2D eigenvalue weighted by atomic mass is 16.7. The molecule has 0 spiro atoms. The van der Waals surface area contributed by atoms with Gasteiger partial charge in [0.25, 0.3) is 11.7 Å². The van der Waals surface area contributed by atoms with Crippen LogP contribution in [0.15, 0.2) is 54.5 Å². The number of carbonyl (C=O) groups excluding carboxylic acids is 3. The maximum Gasteiger partial charge on any atom is 0.312 e.